The fourth-order valence-corrected chi connectivity index (χ4v) is 3.19. The number of benzene rings is 1. The van der Waals surface area contributed by atoms with E-state index < -0.39 is 0 Å². The molecule has 1 aliphatic rings. The van der Waals surface area contributed by atoms with Crippen molar-refractivity contribution in [1.82, 2.24) is 4.90 Å². The van der Waals surface area contributed by atoms with E-state index in [1.807, 2.05) is 0 Å². The third-order valence-corrected chi connectivity index (χ3v) is 4.47. The maximum atomic E-state index is 5.98. The van der Waals surface area contributed by atoms with Crippen LogP contribution < -0.4 is 10.6 Å². The minimum Gasteiger partial charge on any atom is -0.371 e. The van der Waals surface area contributed by atoms with Crippen molar-refractivity contribution < 1.29 is 0 Å². The zero-order valence-electron chi connectivity index (χ0n) is 13.2. The van der Waals surface area contributed by atoms with E-state index in [2.05, 4.69) is 55.0 Å². The zero-order chi connectivity index (χ0) is 14.5. The highest BCUT2D eigenvalue weighted by atomic mass is 15.2. The predicted molar refractivity (Wildman–Crippen MR) is 87.3 cm³/mol. The van der Waals surface area contributed by atoms with E-state index in [1.54, 1.807) is 0 Å². The first-order valence-corrected chi connectivity index (χ1v) is 7.90. The van der Waals surface area contributed by atoms with E-state index in [0.717, 1.165) is 6.42 Å². The molecule has 1 aromatic rings. The molecule has 0 amide bonds. The molecule has 3 nitrogen and oxygen atoms in total. The lowest BCUT2D eigenvalue weighted by atomic mass is 10.00. The van der Waals surface area contributed by atoms with Crippen molar-refractivity contribution in [1.29, 1.82) is 0 Å². The first kappa shape index (κ1) is 15.3. The van der Waals surface area contributed by atoms with Gasteiger partial charge in [0.2, 0.25) is 0 Å². The number of anilines is 1. The van der Waals surface area contributed by atoms with Crippen LogP contribution in [0.1, 0.15) is 32.3 Å². The van der Waals surface area contributed by atoms with Gasteiger partial charge in [-0.15, -0.1) is 0 Å². The predicted octanol–water partition coefficient (Wildman–Crippen LogP) is 2.50. The average Bonchev–Trinajstić information content (AvgIpc) is 2.46. The summed E-state index contributed by atoms with van der Waals surface area (Å²) in [6.45, 7) is 7.96. The van der Waals surface area contributed by atoms with Crippen LogP contribution in [-0.4, -0.2) is 43.7 Å². The van der Waals surface area contributed by atoms with Gasteiger partial charge in [-0.3, -0.25) is 0 Å². The number of piperidine rings is 1. The SMILES string of the molecule is CCN1CCC(N(C)c2ccccc2CC(C)N)CC1. The first-order chi connectivity index (χ1) is 9.61. The summed E-state index contributed by atoms with van der Waals surface area (Å²) in [5.74, 6) is 0. The van der Waals surface area contributed by atoms with Gasteiger partial charge >= 0.3 is 0 Å². The fourth-order valence-electron chi connectivity index (χ4n) is 3.19. The highest BCUT2D eigenvalue weighted by Gasteiger charge is 2.23. The van der Waals surface area contributed by atoms with E-state index in [4.69, 9.17) is 5.73 Å². The first-order valence-electron chi connectivity index (χ1n) is 7.90. The molecule has 1 atom stereocenters. The number of hydrogen-bond donors (Lipinski definition) is 1. The van der Waals surface area contributed by atoms with Gasteiger partial charge < -0.3 is 15.5 Å². The van der Waals surface area contributed by atoms with Crippen molar-refractivity contribution in [3.63, 3.8) is 0 Å². The number of nitrogens with zero attached hydrogens (tertiary/aromatic N) is 2. The Balaban J connectivity index is 2.07. The fraction of sp³-hybridized carbons (Fsp3) is 0.647. The maximum Gasteiger partial charge on any atom is 0.0399 e. The zero-order valence-corrected chi connectivity index (χ0v) is 13.2. The van der Waals surface area contributed by atoms with Gasteiger partial charge in [-0.2, -0.15) is 0 Å². The van der Waals surface area contributed by atoms with Crippen molar-refractivity contribution in [2.24, 2.45) is 5.73 Å². The molecule has 0 saturated carbocycles. The average molecular weight is 275 g/mol. The lowest BCUT2D eigenvalue weighted by molar-refractivity contribution is 0.221. The molecule has 1 heterocycles. The Morgan fingerprint density at radius 2 is 1.95 bits per heavy atom. The monoisotopic (exact) mass is 275 g/mol. The molecule has 1 fully saturated rings. The molecule has 2 N–H and O–H groups in total. The largest absolute Gasteiger partial charge is 0.371 e. The summed E-state index contributed by atoms with van der Waals surface area (Å²) in [6.07, 6.45) is 3.47. The Morgan fingerprint density at radius 1 is 1.30 bits per heavy atom. The number of rotatable bonds is 5. The van der Waals surface area contributed by atoms with Gasteiger partial charge in [0, 0.05) is 37.9 Å². The summed E-state index contributed by atoms with van der Waals surface area (Å²) in [5, 5.41) is 0. The minimum absolute atomic E-state index is 0.214. The number of hydrogen-bond acceptors (Lipinski definition) is 3. The quantitative estimate of drug-likeness (QED) is 0.896. The molecule has 0 radical (unpaired) electrons. The molecule has 20 heavy (non-hydrogen) atoms. The van der Waals surface area contributed by atoms with Gasteiger partial charge in [0.1, 0.15) is 0 Å². The Morgan fingerprint density at radius 3 is 2.55 bits per heavy atom. The Bertz CT molecular complexity index is 408. The molecule has 1 aliphatic heterocycles. The van der Waals surface area contributed by atoms with E-state index in [1.165, 1.54) is 43.7 Å². The van der Waals surface area contributed by atoms with E-state index in [0.29, 0.717) is 6.04 Å². The smallest absolute Gasteiger partial charge is 0.0399 e. The topological polar surface area (TPSA) is 32.5 Å². The molecular weight excluding hydrogens is 246 g/mol. The standard InChI is InChI=1S/C17H29N3/c1-4-20-11-9-16(10-12-20)19(3)17-8-6-5-7-15(17)13-14(2)18/h5-8,14,16H,4,9-13,18H2,1-3H3. The summed E-state index contributed by atoms with van der Waals surface area (Å²) < 4.78 is 0. The Kier molecular flexibility index (Phi) is 5.44. The summed E-state index contributed by atoms with van der Waals surface area (Å²) in [6, 6.07) is 9.59. The van der Waals surface area contributed by atoms with E-state index in [9.17, 15) is 0 Å². The molecule has 3 heteroatoms. The van der Waals surface area contributed by atoms with Crippen LogP contribution in [-0.2, 0) is 6.42 Å². The lowest BCUT2D eigenvalue weighted by Crippen LogP contribution is -2.43. The second-order valence-corrected chi connectivity index (χ2v) is 6.09. The highest BCUT2D eigenvalue weighted by Crippen LogP contribution is 2.26. The van der Waals surface area contributed by atoms with Crippen molar-refractivity contribution in [3.8, 4) is 0 Å². The van der Waals surface area contributed by atoms with Crippen LogP contribution in [0.3, 0.4) is 0 Å². The van der Waals surface area contributed by atoms with Crippen LogP contribution in [0.2, 0.25) is 0 Å². The molecule has 1 aromatic carbocycles. The summed E-state index contributed by atoms with van der Waals surface area (Å²) >= 11 is 0. The molecule has 1 saturated heterocycles. The second-order valence-electron chi connectivity index (χ2n) is 6.09. The van der Waals surface area contributed by atoms with Gasteiger partial charge in [0.25, 0.3) is 0 Å². The molecule has 0 aliphatic carbocycles. The lowest BCUT2D eigenvalue weighted by Gasteiger charge is -2.38. The molecule has 0 spiro atoms. The number of para-hydroxylation sites is 1. The summed E-state index contributed by atoms with van der Waals surface area (Å²) in [5.41, 5.74) is 8.72. The van der Waals surface area contributed by atoms with Gasteiger partial charge in [-0.1, -0.05) is 25.1 Å². The van der Waals surface area contributed by atoms with Crippen molar-refractivity contribution in [2.45, 2.75) is 45.2 Å². The minimum atomic E-state index is 0.214. The molecule has 0 aromatic heterocycles. The number of likely N-dealkylation sites (tertiary alicyclic amines) is 1. The van der Waals surface area contributed by atoms with Gasteiger partial charge in [0.05, 0.1) is 0 Å². The van der Waals surface area contributed by atoms with Crippen LogP contribution in [0.25, 0.3) is 0 Å². The molecule has 0 bridgehead atoms. The summed E-state index contributed by atoms with van der Waals surface area (Å²) in [4.78, 5) is 5.02. The van der Waals surface area contributed by atoms with Gasteiger partial charge in [0.15, 0.2) is 0 Å². The Labute approximate surface area is 123 Å². The third-order valence-electron chi connectivity index (χ3n) is 4.47. The van der Waals surface area contributed by atoms with Crippen LogP contribution in [0.15, 0.2) is 24.3 Å². The Hall–Kier alpha value is -1.06. The van der Waals surface area contributed by atoms with Crippen LogP contribution in [0.4, 0.5) is 5.69 Å². The molecular formula is C17H29N3. The maximum absolute atomic E-state index is 5.98. The molecule has 1 unspecified atom stereocenters. The van der Waals surface area contributed by atoms with Crippen LogP contribution in [0, 0.1) is 0 Å². The van der Waals surface area contributed by atoms with Crippen LogP contribution >= 0.6 is 0 Å². The van der Waals surface area contributed by atoms with Gasteiger partial charge in [-0.25, -0.2) is 0 Å². The van der Waals surface area contributed by atoms with Crippen LogP contribution in [0.5, 0.6) is 0 Å². The highest BCUT2D eigenvalue weighted by molar-refractivity contribution is 5.54. The van der Waals surface area contributed by atoms with Crippen molar-refractivity contribution in [3.05, 3.63) is 29.8 Å². The van der Waals surface area contributed by atoms with Gasteiger partial charge in [-0.05, 0) is 44.4 Å². The molecule has 2 rings (SSSR count). The third kappa shape index (κ3) is 3.74. The normalized spacial score (nSPS) is 19.0. The van der Waals surface area contributed by atoms with Crippen molar-refractivity contribution >= 4 is 5.69 Å². The molecule has 112 valence electrons. The number of nitrogens with two attached hydrogens (primary N) is 1. The van der Waals surface area contributed by atoms with E-state index >= 15 is 0 Å². The summed E-state index contributed by atoms with van der Waals surface area (Å²) in [7, 11) is 2.24. The van der Waals surface area contributed by atoms with Crippen molar-refractivity contribution in [2.75, 3.05) is 31.6 Å². The van der Waals surface area contributed by atoms with E-state index in [-0.39, 0.29) is 6.04 Å². The second kappa shape index (κ2) is 7.09.